The minimum Gasteiger partial charge on any atom is -0.352 e. The highest BCUT2D eigenvalue weighted by Crippen LogP contribution is 2.27. The van der Waals surface area contributed by atoms with Crippen LogP contribution < -0.4 is 10.6 Å². The molecule has 0 atom stereocenters. The largest absolute Gasteiger partial charge is 0.352 e. The number of carbonyl (C=O) groups is 2. The fourth-order valence-corrected chi connectivity index (χ4v) is 5.28. The lowest BCUT2D eigenvalue weighted by Crippen LogP contribution is -2.38. The van der Waals surface area contributed by atoms with Crippen molar-refractivity contribution in [3.8, 4) is 0 Å². The summed E-state index contributed by atoms with van der Waals surface area (Å²) < 4.78 is 27.3. The number of benzene rings is 2. The van der Waals surface area contributed by atoms with Crippen molar-refractivity contribution in [2.24, 2.45) is 0 Å². The van der Waals surface area contributed by atoms with Crippen LogP contribution in [0.15, 0.2) is 53.4 Å². The maximum Gasteiger partial charge on any atom is 0.251 e. The second kappa shape index (κ2) is 10.9. The summed E-state index contributed by atoms with van der Waals surface area (Å²) in [5, 5.41) is 5.94. The summed E-state index contributed by atoms with van der Waals surface area (Å²) in [6.07, 6.45) is 5.12. The average Bonchev–Trinajstić information content (AvgIpc) is 2.80. The lowest BCUT2D eigenvalue weighted by molar-refractivity contribution is -0.116. The van der Waals surface area contributed by atoms with E-state index in [1.807, 2.05) is 0 Å². The van der Waals surface area contributed by atoms with Crippen LogP contribution in [0.5, 0.6) is 0 Å². The van der Waals surface area contributed by atoms with E-state index in [1.165, 1.54) is 16.4 Å². The molecule has 3 rings (SSSR count). The number of sulfonamides is 1. The van der Waals surface area contributed by atoms with Gasteiger partial charge in [-0.2, -0.15) is 4.31 Å². The van der Waals surface area contributed by atoms with Crippen LogP contribution in [-0.2, 0) is 14.8 Å². The third kappa shape index (κ3) is 6.31. The fourth-order valence-electron chi connectivity index (χ4n) is 3.73. The summed E-state index contributed by atoms with van der Waals surface area (Å²) in [5.74, 6) is -0.567. The first-order valence-corrected chi connectivity index (χ1v) is 12.5. The van der Waals surface area contributed by atoms with Gasteiger partial charge in [0.2, 0.25) is 15.9 Å². The summed E-state index contributed by atoms with van der Waals surface area (Å²) in [7, 11) is -1.93. The zero-order chi connectivity index (χ0) is 23.1. The van der Waals surface area contributed by atoms with Crippen LogP contribution in [0.3, 0.4) is 0 Å². The van der Waals surface area contributed by atoms with Gasteiger partial charge in [-0.3, -0.25) is 9.59 Å². The summed E-state index contributed by atoms with van der Waals surface area (Å²) in [4.78, 5) is 24.4. The van der Waals surface area contributed by atoms with Crippen LogP contribution in [-0.4, -0.2) is 44.2 Å². The first-order chi connectivity index (χ1) is 15.3. The zero-order valence-corrected chi connectivity index (χ0v) is 19.6. The molecule has 32 heavy (non-hydrogen) atoms. The van der Waals surface area contributed by atoms with Gasteiger partial charge in [-0.15, -0.1) is 0 Å². The number of hydrogen-bond acceptors (Lipinski definition) is 4. The van der Waals surface area contributed by atoms with Gasteiger partial charge in [-0.25, -0.2) is 8.42 Å². The van der Waals surface area contributed by atoms with Gasteiger partial charge in [0.1, 0.15) is 0 Å². The van der Waals surface area contributed by atoms with E-state index in [-0.39, 0.29) is 35.7 Å². The second-order valence-electron chi connectivity index (χ2n) is 7.90. The van der Waals surface area contributed by atoms with Gasteiger partial charge < -0.3 is 10.6 Å². The van der Waals surface area contributed by atoms with Gasteiger partial charge in [0, 0.05) is 42.3 Å². The van der Waals surface area contributed by atoms with Crippen LogP contribution in [0.4, 0.5) is 5.69 Å². The minimum atomic E-state index is -3.57. The average molecular weight is 478 g/mol. The van der Waals surface area contributed by atoms with Crippen molar-refractivity contribution < 1.29 is 18.0 Å². The van der Waals surface area contributed by atoms with E-state index in [0.29, 0.717) is 16.3 Å². The Morgan fingerprint density at radius 2 is 1.62 bits per heavy atom. The molecule has 1 saturated carbocycles. The zero-order valence-electron chi connectivity index (χ0n) is 18.0. The van der Waals surface area contributed by atoms with Gasteiger partial charge >= 0.3 is 0 Å². The predicted octanol–water partition coefficient (Wildman–Crippen LogP) is 4.05. The molecule has 2 amide bonds. The van der Waals surface area contributed by atoms with Gasteiger partial charge in [0.15, 0.2) is 0 Å². The van der Waals surface area contributed by atoms with E-state index >= 15 is 0 Å². The highest BCUT2D eigenvalue weighted by atomic mass is 35.5. The number of nitrogens with zero attached hydrogens (tertiary/aromatic N) is 1. The highest BCUT2D eigenvalue weighted by molar-refractivity contribution is 7.89. The van der Waals surface area contributed by atoms with Crippen molar-refractivity contribution in [3.63, 3.8) is 0 Å². The van der Waals surface area contributed by atoms with Crippen molar-refractivity contribution in [1.29, 1.82) is 0 Å². The molecular formula is C23H28ClN3O4S. The van der Waals surface area contributed by atoms with Crippen LogP contribution in [0.2, 0.25) is 5.02 Å². The Hall–Kier alpha value is -2.42. The molecule has 1 aliphatic carbocycles. The van der Waals surface area contributed by atoms with Crippen molar-refractivity contribution in [2.75, 3.05) is 18.9 Å². The monoisotopic (exact) mass is 477 g/mol. The molecule has 9 heteroatoms. The Bertz CT molecular complexity index is 1030. The molecule has 1 fully saturated rings. The van der Waals surface area contributed by atoms with Crippen LogP contribution in [0.25, 0.3) is 0 Å². The highest BCUT2D eigenvalue weighted by Gasteiger charge is 2.28. The molecule has 172 valence electrons. The van der Waals surface area contributed by atoms with Crippen molar-refractivity contribution >= 4 is 39.1 Å². The Morgan fingerprint density at radius 3 is 2.25 bits per heavy atom. The van der Waals surface area contributed by atoms with Gasteiger partial charge in [0.25, 0.3) is 5.91 Å². The lowest BCUT2D eigenvalue weighted by atomic mass is 9.96. The van der Waals surface area contributed by atoms with E-state index < -0.39 is 10.0 Å². The van der Waals surface area contributed by atoms with Crippen molar-refractivity contribution in [1.82, 2.24) is 9.62 Å². The second-order valence-corrected chi connectivity index (χ2v) is 10.3. The number of nitrogens with one attached hydrogen (secondary N) is 2. The number of halogens is 1. The molecule has 0 radical (unpaired) electrons. The van der Waals surface area contributed by atoms with Crippen molar-refractivity contribution in [3.05, 3.63) is 59.1 Å². The molecule has 0 spiro atoms. The summed E-state index contributed by atoms with van der Waals surface area (Å²) >= 11 is 5.80. The molecule has 1 aliphatic rings. The first-order valence-electron chi connectivity index (χ1n) is 10.7. The molecule has 2 aromatic carbocycles. The molecule has 0 bridgehead atoms. The Labute approximate surface area is 194 Å². The minimum absolute atomic E-state index is 0.0382. The molecule has 2 aromatic rings. The van der Waals surface area contributed by atoms with Crippen LogP contribution in [0.1, 0.15) is 48.9 Å². The molecule has 0 unspecified atom stereocenters. The number of anilines is 1. The fraction of sp³-hybridized carbons (Fsp3) is 0.391. The Kier molecular flexibility index (Phi) is 8.28. The topological polar surface area (TPSA) is 95.6 Å². The van der Waals surface area contributed by atoms with Gasteiger partial charge in [-0.05, 0) is 61.4 Å². The van der Waals surface area contributed by atoms with Crippen molar-refractivity contribution in [2.45, 2.75) is 49.5 Å². The third-order valence-corrected chi connectivity index (χ3v) is 7.82. The number of rotatable bonds is 8. The molecule has 0 heterocycles. The molecule has 7 nitrogen and oxygen atoms in total. The van der Waals surface area contributed by atoms with E-state index in [1.54, 1.807) is 43.4 Å². The Balaban J connectivity index is 1.49. The maximum atomic E-state index is 12.9. The standard InChI is InChI=1S/C23H28ClN3O4S/c1-27(20-5-3-2-4-6-20)32(30,31)21-13-11-19(12-14-21)26-22(28)15-16-25-23(29)17-7-9-18(24)10-8-17/h7-14,20H,2-6,15-16H2,1H3,(H,25,29)(H,26,28). The normalized spacial score (nSPS) is 14.8. The molecule has 2 N–H and O–H groups in total. The summed E-state index contributed by atoms with van der Waals surface area (Å²) in [6.45, 7) is 0.173. The molecular weight excluding hydrogens is 450 g/mol. The SMILES string of the molecule is CN(C1CCCCC1)S(=O)(=O)c1ccc(NC(=O)CCNC(=O)c2ccc(Cl)cc2)cc1. The first kappa shape index (κ1) is 24.2. The van der Waals surface area contributed by atoms with E-state index in [2.05, 4.69) is 10.6 Å². The van der Waals surface area contributed by atoms with Gasteiger partial charge in [-0.1, -0.05) is 30.9 Å². The number of amides is 2. The molecule has 0 aliphatic heterocycles. The van der Waals surface area contributed by atoms with Gasteiger partial charge in [0.05, 0.1) is 4.90 Å². The number of carbonyl (C=O) groups excluding carboxylic acids is 2. The maximum absolute atomic E-state index is 12.9. The Morgan fingerprint density at radius 1 is 1.00 bits per heavy atom. The van der Waals surface area contributed by atoms with E-state index in [9.17, 15) is 18.0 Å². The predicted molar refractivity (Wildman–Crippen MR) is 125 cm³/mol. The lowest BCUT2D eigenvalue weighted by Gasteiger charge is -2.30. The smallest absolute Gasteiger partial charge is 0.251 e. The number of hydrogen-bond donors (Lipinski definition) is 2. The van der Waals surface area contributed by atoms with E-state index in [4.69, 9.17) is 11.6 Å². The molecule has 0 aromatic heterocycles. The molecule has 0 saturated heterocycles. The third-order valence-electron chi connectivity index (χ3n) is 5.65. The van der Waals surface area contributed by atoms with Crippen LogP contribution in [0, 0.1) is 0 Å². The van der Waals surface area contributed by atoms with Crippen LogP contribution >= 0.6 is 11.6 Å². The summed E-state index contributed by atoms with van der Waals surface area (Å²) in [5.41, 5.74) is 0.961. The quantitative estimate of drug-likeness (QED) is 0.599. The van der Waals surface area contributed by atoms with E-state index in [0.717, 1.165) is 32.1 Å². The summed E-state index contributed by atoms with van der Waals surface area (Å²) in [6, 6.07) is 12.7.